The van der Waals surface area contributed by atoms with Gasteiger partial charge in [-0.2, -0.15) is 5.26 Å². The van der Waals surface area contributed by atoms with Gasteiger partial charge >= 0.3 is 0 Å². The molecule has 0 aliphatic carbocycles. The molecule has 1 aromatic rings. The van der Waals surface area contributed by atoms with Gasteiger partial charge in [-0.3, -0.25) is 5.32 Å². The SMILES string of the molecule is CC(C)(C)CNc1cc(NC#N)ncn1. The lowest BCUT2D eigenvalue weighted by Gasteiger charge is -2.19. The Hall–Kier alpha value is -1.83. The van der Waals surface area contributed by atoms with Crippen molar-refractivity contribution in [3.63, 3.8) is 0 Å². The molecule has 0 bridgehead atoms. The van der Waals surface area contributed by atoms with Gasteiger partial charge in [0.25, 0.3) is 0 Å². The molecule has 5 nitrogen and oxygen atoms in total. The highest BCUT2D eigenvalue weighted by Gasteiger charge is 2.09. The lowest BCUT2D eigenvalue weighted by molar-refractivity contribution is 0.442. The van der Waals surface area contributed by atoms with Crippen LogP contribution in [-0.4, -0.2) is 16.5 Å². The van der Waals surface area contributed by atoms with E-state index in [1.807, 2.05) is 6.19 Å². The minimum atomic E-state index is 0.188. The minimum absolute atomic E-state index is 0.188. The number of hydrogen-bond donors (Lipinski definition) is 2. The summed E-state index contributed by atoms with van der Waals surface area (Å²) in [5.74, 6) is 1.22. The predicted molar refractivity (Wildman–Crippen MR) is 59.2 cm³/mol. The first kappa shape index (κ1) is 11.2. The zero-order chi connectivity index (χ0) is 11.3. The molecule has 2 N–H and O–H groups in total. The van der Waals surface area contributed by atoms with Crippen LogP contribution in [-0.2, 0) is 0 Å². The fraction of sp³-hybridized carbons (Fsp3) is 0.500. The highest BCUT2D eigenvalue weighted by Crippen LogP contribution is 2.15. The van der Waals surface area contributed by atoms with Crippen LogP contribution in [0.3, 0.4) is 0 Å². The number of nitrogens with one attached hydrogen (secondary N) is 2. The first-order chi connectivity index (χ1) is 7.01. The average molecular weight is 205 g/mol. The maximum Gasteiger partial charge on any atom is 0.182 e. The Kier molecular flexibility index (Phi) is 3.45. The number of rotatable bonds is 3. The van der Waals surface area contributed by atoms with Crippen LogP contribution < -0.4 is 10.6 Å². The van der Waals surface area contributed by atoms with Gasteiger partial charge in [0.15, 0.2) is 6.19 Å². The molecular weight excluding hydrogens is 190 g/mol. The molecule has 0 atom stereocenters. The van der Waals surface area contributed by atoms with Gasteiger partial charge < -0.3 is 5.32 Å². The summed E-state index contributed by atoms with van der Waals surface area (Å²) in [4.78, 5) is 7.94. The van der Waals surface area contributed by atoms with Crippen molar-refractivity contribution in [2.75, 3.05) is 17.2 Å². The van der Waals surface area contributed by atoms with Crippen LogP contribution in [0.15, 0.2) is 12.4 Å². The third-order valence-electron chi connectivity index (χ3n) is 1.65. The van der Waals surface area contributed by atoms with E-state index in [-0.39, 0.29) is 5.41 Å². The fourth-order valence-electron chi connectivity index (χ4n) is 0.935. The second kappa shape index (κ2) is 4.60. The van der Waals surface area contributed by atoms with E-state index < -0.39 is 0 Å². The molecule has 0 fully saturated rings. The van der Waals surface area contributed by atoms with Crippen LogP contribution >= 0.6 is 0 Å². The van der Waals surface area contributed by atoms with Gasteiger partial charge in [0.2, 0.25) is 0 Å². The quantitative estimate of drug-likeness (QED) is 0.581. The smallest absolute Gasteiger partial charge is 0.182 e. The number of hydrogen-bond acceptors (Lipinski definition) is 5. The molecule has 0 aliphatic heterocycles. The maximum atomic E-state index is 8.43. The predicted octanol–water partition coefficient (Wildman–Crippen LogP) is 1.83. The van der Waals surface area contributed by atoms with Crippen LogP contribution in [0.1, 0.15) is 20.8 Å². The Morgan fingerprint density at radius 2 is 2.00 bits per heavy atom. The molecule has 0 spiro atoms. The van der Waals surface area contributed by atoms with E-state index in [2.05, 4.69) is 41.4 Å². The summed E-state index contributed by atoms with van der Waals surface area (Å²) in [6.07, 6.45) is 3.24. The maximum absolute atomic E-state index is 8.43. The van der Waals surface area contributed by atoms with E-state index in [4.69, 9.17) is 5.26 Å². The molecule has 0 aliphatic rings. The highest BCUT2D eigenvalue weighted by atomic mass is 15.1. The summed E-state index contributed by atoms with van der Waals surface area (Å²) in [5, 5.41) is 14.1. The molecule has 0 aromatic carbocycles. The number of aromatic nitrogens is 2. The molecule has 1 heterocycles. The zero-order valence-electron chi connectivity index (χ0n) is 9.20. The summed E-state index contributed by atoms with van der Waals surface area (Å²) in [5.41, 5.74) is 0.188. The number of nitrogens with zero attached hydrogens (tertiary/aromatic N) is 3. The summed E-state index contributed by atoms with van der Waals surface area (Å²) in [6, 6.07) is 1.70. The second-order valence-electron chi connectivity index (χ2n) is 4.44. The van der Waals surface area contributed by atoms with E-state index >= 15 is 0 Å². The van der Waals surface area contributed by atoms with Crippen molar-refractivity contribution in [3.8, 4) is 6.19 Å². The highest BCUT2D eigenvalue weighted by molar-refractivity contribution is 5.48. The van der Waals surface area contributed by atoms with Crippen LogP contribution in [0.5, 0.6) is 0 Å². The molecule has 5 heteroatoms. The Morgan fingerprint density at radius 1 is 1.33 bits per heavy atom. The topological polar surface area (TPSA) is 73.6 Å². The molecular formula is C10H15N5. The Balaban J connectivity index is 2.62. The first-order valence-corrected chi connectivity index (χ1v) is 4.72. The lowest BCUT2D eigenvalue weighted by Crippen LogP contribution is -2.19. The molecule has 0 saturated heterocycles. The zero-order valence-corrected chi connectivity index (χ0v) is 9.20. The normalized spacial score (nSPS) is 10.5. The van der Waals surface area contributed by atoms with Crippen LogP contribution in [0.25, 0.3) is 0 Å². The van der Waals surface area contributed by atoms with Gasteiger partial charge in [0.05, 0.1) is 0 Å². The van der Waals surface area contributed by atoms with Crippen molar-refractivity contribution in [2.45, 2.75) is 20.8 Å². The van der Waals surface area contributed by atoms with Crippen molar-refractivity contribution in [1.29, 1.82) is 5.26 Å². The molecule has 0 saturated carbocycles. The third kappa shape index (κ3) is 4.27. The van der Waals surface area contributed by atoms with Gasteiger partial charge in [-0.1, -0.05) is 20.8 Å². The first-order valence-electron chi connectivity index (χ1n) is 4.72. The molecule has 80 valence electrons. The van der Waals surface area contributed by atoms with E-state index in [0.717, 1.165) is 12.4 Å². The number of nitriles is 1. The average Bonchev–Trinajstić information content (AvgIpc) is 2.15. The third-order valence-corrected chi connectivity index (χ3v) is 1.65. The molecule has 0 radical (unpaired) electrons. The fourth-order valence-corrected chi connectivity index (χ4v) is 0.935. The molecule has 15 heavy (non-hydrogen) atoms. The van der Waals surface area contributed by atoms with Crippen molar-refractivity contribution in [3.05, 3.63) is 12.4 Å². The van der Waals surface area contributed by atoms with Crippen LogP contribution in [0.4, 0.5) is 11.6 Å². The van der Waals surface area contributed by atoms with Crippen LogP contribution in [0.2, 0.25) is 0 Å². The molecule has 1 rings (SSSR count). The van der Waals surface area contributed by atoms with E-state index in [0.29, 0.717) is 5.82 Å². The van der Waals surface area contributed by atoms with Gasteiger partial charge in [-0.05, 0) is 5.41 Å². The monoisotopic (exact) mass is 205 g/mol. The lowest BCUT2D eigenvalue weighted by atomic mass is 9.97. The second-order valence-corrected chi connectivity index (χ2v) is 4.44. The van der Waals surface area contributed by atoms with Gasteiger partial charge in [0, 0.05) is 12.6 Å². The van der Waals surface area contributed by atoms with E-state index in [9.17, 15) is 0 Å². The van der Waals surface area contributed by atoms with Crippen molar-refractivity contribution in [1.82, 2.24) is 9.97 Å². The Morgan fingerprint density at radius 3 is 2.60 bits per heavy atom. The standard InChI is InChI=1S/C10H15N5/c1-10(2,3)5-12-8-4-9(13-6-11)15-7-14-8/h4,7H,5H2,1-3H3,(H2,12,13,14,15). The summed E-state index contributed by atoms with van der Waals surface area (Å²) in [7, 11) is 0. The van der Waals surface area contributed by atoms with Crippen molar-refractivity contribution < 1.29 is 0 Å². The Bertz CT molecular complexity index is 361. The van der Waals surface area contributed by atoms with E-state index in [1.165, 1.54) is 6.33 Å². The van der Waals surface area contributed by atoms with Gasteiger partial charge in [-0.25, -0.2) is 9.97 Å². The van der Waals surface area contributed by atoms with Gasteiger partial charge in [0.1, 0.15) is 18.0 Å². The van der Waals surface area contributed by atoms with Crippen molar-refractivity contribution >= 4 is 11.6 Å². The molecule has 0 amide bonds. The molecule has 0 unspecified atom stereocenters. The van der Waals surface area contributed by atoms with Crippen molar-refractivity contribution in [2.24, 2.45) is 5.41 Å². The minimum Gasteiger partial charge on any atom is -0.369 e. The summed E-state index contributed by atoms with van der Waals surface area (Å²) < 4.78 is 0. The van der Waals surface area contributed by atoms with Crippen LogP contribution in [0, 0.1) is 16.9 Å². The van der Waals surface area contributed by atoms with E-state index in [1.54, 1.807) is 6.07 Å². The summed E-state index contributed by atoms with van der Waals surface area (Å²) in [6.45, 7) is 7.22. The summed E-state index contributed by atoms with van der Waals surface area (Å²) >= 11 is 0. The number of anilines is 2. The van der Waals surface area contributed by atoms with Gasteiger partial charge in [-0.15, -0.1) is 0 Å². The largest absolute Gasteiger partial charge is 0.369 e. The molecule has 1 aromatic heterocycles. The Labute approximate surface area is 89.6 Å².